The number of rotatable bonds is 6. The number of nitrogens with zero attached hydrogens (tertiary/aromatic N) is 1. The lowest BCUT2D eigenvalue weighted by Gasteiger charge is -2.16. The summed E-state index contributed by atoms with van der Waals surface area (Å²) in [6.07, 6.45) is 1.18. The molecule has 0 unspecified atom stereocenters. The van der Waals surface area contributed by atoms with E-state index in [1.165, 1.54) is 12.0 Å². The third-order valence-electron chi connectivity index (χ3n) is 2.33. The Morgan fingerprint density at radius 3 is 2.53 bits per heavy atom. The molecule has 3 heteroatoms. The van der Waals surface area contributed by atoms with Crippen LogP contribution in [0.3, 0.4) is 0 Å². The molecule has 0 atom stereocenters. The fourth-order valence-corrected chi connectivity index (χ4v) is 1.63. The minimum atomic E-state index is 0.802. The van der Waals surface area contributed by atoms with Gasteiger partial charge in [0.25, 0.3) is 0 Å². The van der Waals surface area contributed by atoms with E-state index in [1.807, 2.05) is 19.2 Å². The first-order valence-electron chi connectivity index (χ1n) is 5.30. The lowest BCUT2D eigenvalue weighted by molar-refractivity contribution is 0.321. The first-order chi connectivity index (χ1) is 7.22. The molecule has 0 radical (unpaired) electrons. The highest BCUT2D eigenvalue weighted by Gasteiger charge is 1.99. The zero-order chi connectivity index (χ0) is 11.1. The van der Waals surface area contributed by atoms with Crippen LogP contribution in [0.5, 0.6) is 0 Å². The fourth-order valence-electron chi connectivity index (χ4n) is 1.51. The average molecular weight is 227 g/mol. The molecule has 1 rings (SSSR count). The van der Waals surface area contributed by atoms with Gasteiger partial charge in [0.05, 0.1) is 0 Å². The Balaban J connectivity index is 2.31. The number of hydrogen-bond donors (Lipinski definition) is 1. The first-order valence-corrected chi connectivity index (χ1v) is 5.68. The maximum absolute atomic E-state index is 5.83. The van der Waals surface area contributed by atoms with Crippen molar-refractivity contribution in [3.63, 3.8) is 0 Å². The summed E-state index contributed by atoms with van der Waals surface area (Å²) in [7, 11) is 4.13. The maximum atomic E-state index is 5.83. The molecule has 84 valence electrons. The summed E-state index contributed by atoms with van der Waals surface area (Å²) in [5, 5.41) is 3.95. The van der Waals surface area contributed by atoms with Gasteiger partial charge in [-0.25, -0.2) is 0 Å². The highest BCUT2D eigenvalue weighted by Crippen LogP contribution is 2.10. The largest absolute Gasteiger partial charge is 0.320 e. The van der Waals surface area contributed by atoms with E-state index >= 15 is 0 Å². The van der Waals surface area contributed by atoms with Crippen LogP contribution in [0, 0.1) is 0 Å². The maximum Gasteiger partial charge on any atom is 0.0406 e. The normalized spacial score (nSPS) is 10.9. The molecular formula is C12H19ClN2. The van der Waals surface area contributed by atoms with Crippen LogP contribution >= 0.6 is 11.6 Å². The second-order valence-corrected chi connectivity index (χ2v) is 4.26. The Kier molecular flexibility index (Phi) is 5.69. The van der Waals surface area contributed by atoms with Crippen molar-refractivity contribution in [2.75, 3.05) is 27.2 Å². The molecule has 0 heterocycles. The van der Waals surface area contributed by atoms with Crippen molar-refractivity contribution in [2.45, 2.75) is 13.0 Å². The predicted molar refractivity (Wildman–Crippen MR) is 66.3 cm³/mol. The van der Waals surface area contributed by atoms with Gasteiger partial charge in [-0.05, 0) is 51.3 Å². The first kappa shape index (κ1) is 12.5. The molecule has 1 N–H and O–H groups in total. The third kappa shape index (κ3) is 5.17. The quantitative estimate of drug-likeness (QED) is 0.750. The van der Waals surface area contributed by atoms with Gasteiger partial charge in [0, 0.05) is 11.6 Å². The number of nitrogens with one attached hydrogen (secondary N) is 1. The van der Waals surface area contributed by atoms with Crippen molar-refractivity contribution < 1.29 is 0 Å². The number of hydrogen-bond acceptors (Lipinski definition) is 2. The molecular weight excluding hydrogens is 208 g/mol. The molecule has 1 aromatic rings. The Bertz CT molecular complexity index is 271. The van der Waals surface area contributed by atoms with E-state index in [-0.39, 0.29) is 0 Å². The molecule has 0 saturated heterocycles. The highest BCUT2D eigenvalue weighted by molar-refractivity contribution is 6.30. The lowest BCUT2D eigenvalue weighted by Crippen LogP contribution is -2.22. The summed E-state index contributed by atoms with van der Waals surface area (Å²) in [6.45, 7) is 3.18. The third-order valence-corrected chi connectivity index (χ3v) is 2.58. The van der Waals surface area contributed by atoms with Crippen molar-refractivity contribution in [3.8, 4) is 0 Å². The van der Waals surface area contributed by atoms with Crippen LogP contribution in [0.2, 0.25) is 5.02 Å². The zero-order valence-corrected chi connectivity index (χ0v) is 10.2. The van der Waals surface area contributed by atoms with Gasteiger partial charge < -0.3 is 10.2 Å². The SMILES string of the molecule is CNCCCN(C)Cc1ccc(Cl)cc1. The molecule has 0 amide bonds. The van der Waals surface area contributed by atoms with E-state index in [4.69, 9.17) is 11.6 Å². The lowest BCUT2D eigenvalue weighted by atomic mass is 10.2. The number of benzene rings is 1. The minimum absolute atomic E-state index is 0.802. The Morgan fingerprint density at radius 1 is 1.27 bits per heavy atom. The summed E-state index contributed by atoms with van der Waals surface area (Å²) in [4.78, 5) is 2.32. The van der Waals surface area contributed by atoms with Gasteiger partial charge in [0.2, 0.25) is 0 Å². The van der Waals surface area contributed by atoms with Crippen molar-refractivity contribution in [1.29, 1.82) is 0 Å². The van der Waals surface area contributed by atoms with Crippen LogP contribution in [-0.4, -0.2) is 32.1 Å². The Hall–Kier alpha value is -0.570. The molecule has 0 fully saturated rings. The summed E-state index contributed by atoms with van der Waals surface area (Å²) in [5.74, 6) is 0. The number of halogens is 1. The van der Waals surface area contributed by atoms with E-state index in [0.717, 1.165) is 24.7 Å². The van der Waals surface area contributed by atoms with Crippen LogP contribution in [0.25, 0.3) is 0 Å². The molecule has 1 aromatic carbocycles. The van der Waals surface area contributed by atoms with Gasteiger partial charge in [-0.3, -0.25) is 0 Å². The smallest absolute Gasteiger partial charge is 0.0406 e. The molecule has 0 aromatic heterocycles. The van der Waals surface area contributed by atoms with Crippen molar-refractivity contribution in [3.05, 3.63) is 34.9 Å². The zero-order valence-electron chi connectivity index (χ0n) is 9.46. The van der Waals surface area contributed by atoms with Crippen LogP contribution < -0.4 is 5.32 Å². The standard InChI is InChI=1S/C12H19ClN2/c1-14-8-3-9-15(2)10-11-4-6-12(13)7-5-11/h4-7,14H,3,8-10H2,1-2H3. The van der Waals surface area contributed by atoms with Gasteiger partial charge in [-0.1, -0.05) is 23.7 Å². The van der Waals surface area contributed by atoms with Crippen LogP contribution in [0.15, 0.2) is 24.3 Å². The van der Waals surface area contributed by atoms with Crippen LogP contribution in [0.1, 0.15) is 12.0 Å². The van der Waals surface area contributed by atoms with Gasteiger partial charge in [-0.2, -0.15) is 0 Å². The molecule has 2 nitrogen and oxygen atoms in total. The molecule has 0 aliphatic carbocycles. The Labute approximate surface area is 97.2 Å². The van der Waals surface area contributed by atoms with Gasteiger partial charge in [0.1, 0.15) is 0 Å². The van der Waals surface area contributed by atoms with Gasteiger partial charge in [0.15, 0.2) is 0 Å². The second kappa shape index (κ2) is 6.83. The highest BCUT2D eigenvalue weighted by atomic mass is 35.5. The van der Waals surface area contributed by atoms with E-state index < -0.39 is 0 Å². The van der Waals surface area contributed by atoms with Crippen molar-refractivity contribution >= 4 is 11.6 Å². The molecule has 0 saturated carbocycles. The molecule has 0 bridgehead atoms. The van der Waals surface area contributed by atoms with E-state index in [2.05, 4.69) is 29.4 Å². The summed E-state index contributed by atoms with van der Waals surface area (Å²) in [6, 6.07) is 8.05. The molecule has 0 aliphatic heterocycles. The summed E-state index contributed by atoms with van der Waals surface area (Å²) < 4.78 is 0. The molecule has 0 spiro atoms. The van der Waals surface area contributed by atoms with Crippen LogP contribution in [-0.2, 0) is 6.54 Å². The Morgan fingerprint density at radius 2 is 1.93 bits per heavy atom. The topological polar surface area (TPSA) is 15.3 Å². The van der Waals surface area contributed by atoms with E-state index in [1.54, 1.807) is 0 Å². The monoisotopic (exact) mass is 226 g/mol. The van der Waals surface area contributed by atoms with Crippen LogP contribution in [0.4, 0.5) is 0 Å². The van der Waals surface area contributed by atoms with Crippen molar-refractivity contribution in [1.82, 2.24) is 10.2 Å². The average Bonchev–Trinajstić information content (AvgIpc) is 2.22. The van der Waals surface area contributed by atoms with E-state index in [0.29, 0.717) is 0 Å². The summed E-state index contributed by atoms with van der Waals surface area (Å²) >= 11 is 5.83. The summed E-state index contributed by atoms with van der Waals surface area (Å²) in [5.41, 5.74) is 1.31. The van der Waals surface area contributed by atoms with E-state index in [9.17, 15) is 0 Å². The van der Waals surface area contributed by atoms with Crippen molar-refractivity contribution in [2.24, 2.45) is 0 Å². The van der Waals surface area contributed by atoms with Gasteiger partial charge >= 0.3 is 0 Å². The predicted octanol–water partition coefficient (Wildman–Crippen LogP) is 2.38. The fraction of sp³-hybridized carbons (Fsp3) is 0.500. The molecule has 15 heavy (non-hydrogen) atoms. The van der Waals surface area contributed by atoms with Gasteiger partial charge in [-0.15, -0.1) is 0 Å². The molecule has 0 aliphatic rings. The second-order valence-electron chi connectivity index (χ2n) is 3.82. The minimum Gasteiger partial charge on any atom is -0.320 e.